The van der Waals surface area contributed by atoms with E-state index < -0.39 is 0 Å². The maximum absolute atomic E-state index is 13.7. The van der Waals surface area contributed by atoms with Gasteiger partial charge in [0.25, 0.3) is 0 Å². The minimum Gasteiger partial charge on any atom is -0.488 e. The molecule has 1 aliphatic heterocycles. The highest BCUT2D eigenvalue weighted by molar-refractivity contribution is 9.10. The van der Waals surface area contributed by atoms with Gasteiger partial charge in [-0.05, 0) is 24.3 Å². The smallest absolute Gasteiger partial charge is 0.139 e. The summed E-state index contributed by atoms with van der Waals surface area (Å²) < 4.78 is 20.4. The van der Waals surface area contributed by atoms with Gasteiger partial charge in [-0.15, -0.1) is 0 Å². The molecule has 5 N–H and O–H groups in total. The summed E-state index contributed by atoms with van der Waals surface area (Å²) in [6.07, 6.45) is -0.117. The van der Waals surface area contributed by atoms with Crippen LogP contribution in [0.2, 0.25) is 0 Å². The zero-order valence-electron chi connectivity index (χ0n) is 12.2. The fourth-order valence-corrected chi connectivity index (χ4v) is 2.57. The molecule has 23 heavy (non-hydrogen) atoms. The second-order valence-corrected chi connectivity index (χ2v) is 5.90. The molecular formula is C15H17BrFN5O. The van der Waals surface area contributed by atoms with E-state index in [0.717, 1.165) is 10.0 Å². The van der Waals surface area contributed by atoms with Crippen molar-refractivity contribution in [3.8, 4) is 5.75 Å². The van der Waals surface area contributed by atoms with Gasteiger partial charge in [-0.1, -0.05) is 34.1 Å². The van der Waals surface area contributed by atoms with E-state index in [1.54, 1.807) is 18.2 Å². The molecule has 1 aliphatic rings. The predicted octanol–water partition coefficient (Wildman–Crippen LogP) is 1.66. The van der Waals surface area contributed by atoms with Crippen molar-refractivity contribution in [1.29, 1.82) is 0 Å². The first-order valence-corrected chi connectivity index (χ1v) is 7.91. The van der Waals surface area contributed by atoms with Crippen LogP contribution in [-0.4, -0.2) is 6.29 Å². The molecule has 0 unspecified atom stereocenters. The zero-order valence-corrected chi connectivity index (χ0v) is 13.8. The highest BCUT2D eigenvalue weighted by Gasteiger charge is 2.13. The maximum Gasteiger partial charge on any atom is 0.139 e. The summed E-state index contributed by atoms with van der Waals surface area (Å²) in [4.78, 5) is 0. The lowest BCUT2D eigenvalue weighted by molar-refractivity contribution is 0.294. The third-order valence-electron chi connectivity index (χ3n) is 3.36. The van der Waals surface area contributed by atoms with Crippen LogP contribution in [0.5, 0.6) is 5.75 Å². The minimum atomic E-state index is -0.263. The Morgan fingerprint density at radius 3 is 2.65 bits per heavy atom. The summed E-state index contributed by atoms with van der Waals surface area (Å²) in [5.74, 6) is 0.448. The van der Waals surface area contributed by atoms with Crippen LogP contribution in [0.4, 0.5) is 4.39 Å². The van der Waals surface area contributed by atoms with Crippen LogP contribution in [0.1, 0.15) is 11.1 Å². The topological polar surface area (TPSA) is 69.4 Å². The monoisotopic (exact) mass is 381 g/mol. The number of benzene rings is 2. The summed E-state index contributed by atoms with van der Waals surface area (Å²) in [6, 6.07) is 12.3. The molecule has 122 valence electrons. The molecule has 3 rings (SSSR count). The second kappa shape index (κ2) is 7.82. The molecule has 0 amide bonds. The highest BCUT2D eigenvalue weighted by Crippen LogP contribution is 2.24. The van der Waals surface area contributed by atoms with Crippen molar-refractivity contribution in [2.45, 2.75) is 19.4 Å². The van der Waals surface area contributed by atoms with E-state index in [-0.39, 0.29) is 18.7 Å². The van der Waals surface area contributed by atoms with Crippen LogP contribution in [0, 0.1) is 5.82 Å². The van der Waals surface area contributed by atoms with Crippen molar-refractivity contribution in [1.82, 2.24) is 27.2 Å². The number of hydrazine groups is 3. The van der Waals surface area contributed by atoms with Gasteiger partial charge in [-0.25, -0.2) is 15.2 Å². The molecule has 1 saturated heterocycles. The molecule has 1 heterocycles. The van der Waals surface area contributed by atoms with Crippen LogP contribution >= 0.6 is 15.9 Å². The summed E-state index contributed by atoms with van der Waals surface area (Å²) in [6.45, 7) is 0.754. The van der Waals surface area contributed by atoms with E-state index in [0.29, 0.717) is 17.9 Å². The minimum absolute atomic E-state index is 0.117. The third kappa shape index (κ3) is 4.47. The van der Waals surface area contributed by atoms with Gasteiger partial charge in [0, 0.05) is 22.1 Å². The largest absolute Gasteiger partial charge is 0.488 e. The summed E-state index contributed by atoms with van der Waals surface area (Å²) in [5, 5.41) is 3.25. The number of hydrogen-bond acceptors (Lipinski definition) is 6. The van der Waals surface area contributed by atoms with Gasteiger partial charge in [0.1, 0.15) is 24.5 Å². The molecule has 0 radical (unpaired) electrons. The lowest BCUT2D eigenvalue weighted by Gasteiger charge is -2.15. The molecule has 0 saturated carbocycles. The molecule has 0 aliphatic carbocycles. The Labute approximate surface area is 141 Å². The van der Waals surface area contributed by atoms with Gasteiger partial charge < -0.3 is 4.74 Å². The summed E-state index contributed by atoms with van der Waals surface area (Å²) >= 11 is 3.46. The van der Waals surface area contributed by atoms with Gasteiger partial charge in [-0.3, -0.25) is 5.32 Å². The fourth-order valence-electron chi connectivity index (χ4n) is 2.16. The maximum atomic E-state index is 13.7. The van der Waals surface area contributed by atoms with E-state index in [4.69, 9.17) is 4.74 Å². The molecule has 0 atom stereocenters. The fraction of sp³-hybridized carbons (Fsp3) is 0.200. The van der Waals surface area contributed by atoms with Crippen molar-refractivity contribution in [2.24, 2.45) is 0 Å². The van der Waals surface area contributed by atoms with Gasteiger partial charge in [-0.2, -0.15) is 11.1 Å². The Hall–Kier alpha value is -1.55. The summed E-state index contributed by atoms with van der Waals surface area (Å²) in [5.41, 5.74) is 12.8. The van der Waals surface area contributed by atoms with Gasteiger partial charge in [0.15, 0.2) is 0 Å². The van der Waals surface area contributed by atoms with Crippen molar-refractivity contribution in [3.05, 3.63) is 63.9 Å². The van der Waals surface area contributed by atoms with Gasteiger partial charge >= 0.3 is 0 Å². The van der Waals surface area contributed by atoms with Gasteiger partial charge in [0.2, 0.25) is 0 Å². The number of halogens is 2. The lowest BCUT2D eigenvalue weighted by Crippen LogP contribution is -2.46. The molecule has 2 aromatic rings. The van der Waals surface area contributed by atoms with E-state index >= 15 is 0 Å². The van der Waals surface area contributed by atoms with Crippen molar-refractivity contribution < 1.29 is 9.13 Å². The van der Waals surface area contributed by atoms with Crippen LogP contribution in [0.3, 0.4) is 0 Å². The first kappa shape index (κ1) is 16.3. The number of nitrogens with one attached hydrogen (secondary N) is 5. The molecule has 8 heteroatoms. The van der Waals surface area contributed by atoms with Crippen molar-refractivity contribution >= 4 is 15.9 Å². The van der Waals surface area contributed by atoms with Crippen LogP contribution in [-0.2, 0) is 13.2 Å². The number of rotatable bonds is 6. The van der Waals surface area contributed by atoms with Gasteiger partial charge in [0.05, 0.1) is 0 Å². The van der Waals surface area contributed by atoms with E-state index in [9.17, 15) is 4.39 Å². The summed E-state index contributed by atoms with van der Waals surface area (Å²) in [7, 11) is 0. The molecular weight excluding hydrogens is 365 g/mol. The molecule has 1 fully saturated rings. The molecule has 2 aromatic carbocycles. The Bertz CT molecular complexity index is 666. The van der Waals surface area contributed by atoms with Crippen LogP contribution in [0.25, 0.3) is 0 Å². The van der Waals surface area contributed by atoms with Crippen LogP contribution in [0.15, 0.2) is 46.9 Å². The molecule has 0 bridgehead atoms. The van der Waals surface area contributed by atoms with Crippen molar-refractivity contribution in [2.75, 3.05) is 0 Å². The number of hydrogen-bond donors (Lipinski definition) is 5. The Balaban J connectivity index is 1.67. The molecule has 0 aromatic heterocycles. The Morgan fingerprint density at radius 1 is 1.09 bits per heavy atom. The average Bonchev–Trinajstić information content (AvgIpc) is 3.07. The molecule has 6 nitrogen and oxygen atoms in total. The highest BCUT2D eigenvalue weighted by atomic mass is 79.9. The standard InChI is InChI=1S/C15H17BrFN5O/c16-12-5-6-14(23-9-10-3-1-2-4-13(10)17)11(7-12)8-18-15-19-21-22-20-15/h1-7,15,18-22H,8-9H2. The zero-order chi connectivity index (χ0) is 16.1. The molecule has 0 spiro atoms. The Kier molecular flexibility index (Phi) is 5.55. The third-order valence-corrected chi connectivity index (χ3v) is 3.85. The first-order chi connectivity index (χ1) is 11.2. The SMILES string of the molecule is Fc1ccccc1COc1ccc(Br)cc1CNC1NNNN1. The normalized spacial score (nSPS) is 15.0. The predicted molar refractivity (Wildman–Crippen MR) is 88.0 cm³/mol. The Morgan fingerprint density at radius 2 is 1.87 bits per heavy atom. The lowest BCUT2D eigenvalue weighted by atomic mass is 10.2. The van der Waals surface area contributed by atoms with E-state index in [1.165, 1.54) is 6.07 Å². The van der Waals surface area contributed by atoms with Crippen LogP contribution < -0.4 is 32.0 Å². The second-order valence-electron chi connectivity index (χ2n) is 4.98. The quantitative estimate of drug-likeness (QED) is 0.524. The first-order valence-electron chi connectivity index (χ1n) is 7.11. The van der Waals surface area contributed by atoms with Crippen molar-refractivity contribution in [3.63, 3.8) is 0 Å². The number of ether oxygens (including phenoxy) is 1. The average molecular weight is 382 g/mol. The van der Waals surface area contributed by atoms with E-state index in [1.807, 2.05) is 18.2 Å². The van der Waals surface area contributed by atoms with E-state index in [2.05, 4.69) is 43.2 Å².